The van der Waals surface area contributed by atoms with Gasteiger partial charge in [0.15, 0.2) is 5.65 Å². The molecular formula is C23H25N5O2. The Labute approximate surface area is 174 Å². The van der Waals surface area contributed by atoms with Crippen molar-refractivity contribution in [3.8, 4) is 5.75 Å². The second kappa shape index (κ2) is 8.02. The highest BCUT2D eigenvalue weighted by atomic mass is 16.5. The number of fused-ring (bicyclic) bond motifs is 1. The molecule has 0 atom stereocenters. The molecule has 2 heterocycles. The molecule has 0 saturated heterocycles. The fraction of sp³-hybridized carbons (Fsp3) is 0.261. The first-order chi connectivity index (χ1) is 14.4. The van der Waals surface area contributed by atoms with E-state index in [0.717, 1.165) is 16.9 Å². The number of aromatic amines is 1. The van der Waals surface area contributed by atoms with Gasteiger partial charge in [-0.15, -0.1) is 0 Å². The third-order valence-corrected chi connectivity index (χ3v) is 4.68. The van der Waals surface area contributed by atoms with Crippen LogP contribution in [0.5, 0.6) is 5.75 Å². The summed E-state index contributed by atoms with van der Waals surface area (Å²) in [6, 6.07) is 17.9. The van der Waals surface area contributed by atoms with Gasteiger partial charge in [0.05, 0.1) is 11.7 Å². The van der Waals surface area contributed by atoms with Gasteiger partial charge < -0.3 is 10.1 Å². The van der Waals surface area contributed by atoms with Crippen LogP contribution in [-0.2, 0) is 18.7 Å². The molecule has 0 bridgehead atoms. The smallest absolute Gasteiger partial charge is 0.263 e. The molecule has 4 aromatic rings. The molecule has 2 aromatic carbocycles. The van der Waals surface area contributed by atoms with E-state index in [-0.39, 0.29) is 11.1 Å². The lowest BCUT2D eigenvalue weighted by Crippen LogP contribution is -2.24. The third-order valence-electron chi connectivity index (χ3n) is 4.68. The van der Waals surface area contributed by atoms with Gasteiger partial charge in [-0.05, 0) is 44.0 Å². The first-order valence-electron chi connectivity index (χ1n) is 9.88. The lowest BCUT2D eigenvalue weighted by Gasteiger charge is -2.19. The zero-order chi connectivity index (χ0) is 21.1. The number of anilines is 1. The van der Waals surface area contributed by atoms with Crippen LogP contribution in [0.25, 0.3) is 11.0 Å². The molecule has 0 amide bonds. The molecule has 0 aliphatic rings. The van der Waals surface area contributed by atoms with E-state index in [0.29, 0.717) is 30.1 Å². The lowest BCUT2D eigenvalue weighted by atomic mass is 10.1. The number of hydrogen-bond acceptors (Lipinski definition) is 5. The minimum absolute atomic E-state index is 0.210. The number of ether oxygens (including phenoxy) is 1. The summed E-state index contributed by atoms with van der Waals surface area (Å²) in [5.41, 5.74) is 2.22. The molecule has 0 radical (unpaired) electrons. The third kappa shape index (κ3) is 4.35. The van der Waals surface area contributed by atoms with Gasteiger partial charge >= 0.3 is 0 Å². The number of H-pyrrole nitrogens is 1. The van der Waals surface area contributed by atoms with E-state index in [9.17, 15) is 4.79 Å². The molecule has 7 nitrogen and oxygen atoms in total. The fourth-order valence-electron chi connectivity index (χ4n) is 3.17. The molecule has 30 heavy (non-hydrogen) atoms. The Bertz CT molecular complexity index is 1210. The minimum atomic E-state index is -0.274. The summed E-state index contributed by atoms with van der Waals surface area (Å²) < 4.78 is 7.66. The Hall–Kier alpha value is -3.61. The second-order valence-corrected chi connectivity index (χ2v) is 8.15. The summed E-state index contributed by atoms with van der Waals surface area (Å²) in [7, 11) is 0. The van der Waals surface area contributed by atoms with Crippen molar-refractivity contribution in [3.05, 3.63) is 82.3 Å². The van der Waals surface area contributed by atoms with E-state index in [1.807, 2.05) is 75.4 Å². The van der Waals surface area contributed by atoms with Crippen LogP contribution >= 0.6 is 0 Å². The highest BCUT2D eigenvalue weighted by Gasteiger charge is 2.19. The number of benzene rings is 2. The first kappa shape index (κ1) is 19.7. The van der Waals surface area contributed by atoms with Crippen LogP contribution in [0, 0.1) is 0 Å². The van der Waals surface area contributed by atoms with Crippen LogP contribution in [0.2, 0.25) is 0 Å². The molecule has 0 aliphatic carbocycles. The minimum Gasteiger partial charge on any atom is -0.489 e. The van der Waals surface area contributed by atoms with Gasteiger partial charge in [0, 0.05) is 6.54 Å². The van der Waals surface area contributed by atoms with Gasteiger partial charge in [0.1, 0.15) is 17.7 Å². The maximum Gasteiger partial charge on any atom is 0.263 e. The molecular weight excluding hydrogens is 378 g/mol. The molecule has 2 aromatic heterocycles. The maximum absolute atomic E-state index is 12.4. The Morgan fingerprint density at radius 2 is 1.83 bits per heavy atom. The van der Waals surface area contributed by atoms with Crippen molar-refractivity contribution >= 4 is 17.0 Å². The number of nitrogens with one attached hydrogen (secondary N) is 2. The average molecular weight is 403 g/mol. The van der Waals surface area contributed by atoms with E-state index >= 15 is 0 Å². The number of hydrogen-bond donors (Lipinski definition) is 2. The predicted octanol–water partition coefficient (Wildman–Crippen LogP) is 4.07. The van der Waals surface area contributed by atoms with E-state index < -0.39 is 0 Å². The Morgan fingerprint density at radius 3 is 2.60 bits per heavy atom. The summed E-state index contributed by atoms with van der Waals surface area (Å²) in [6.45, 7) is 7.09. The monoisotopic (exact) mass is 403 g/mol. The van der Waals surface area contributed by atoms with E-state index in [1.54, 1.807) is 10.9 Å². The highest BCUT2D eigenvalue weighted by molar-refractivity contribution is 5.74. The summed E-state index contributed by atoms with van der Waals surface area (Å²) in [5, 5.41) is 8.01. The molecule has 0 aliphatic heterocycles. The van der Waals surface area contributed by atoms with Crippen molar-refractivity contribution in [1.82, 2.24) is 19.7 Å². The molecule has 4 rings (SSSR count). The standard InChI is InChI=1S/C23H25N5O2/c1-23(2,3)28-20-19(14-25-28)21(29)27-22(26-20)24-13-17-10-7-11-18(12-17)30-15-16-8-5-4-6-9-16/h4-12,14H,13,15H2,1-3H3,(H2,24,26,27,29). The highest BCUT2D eigenvalue weighted by Crippen LogP contribution is 2.19. The number of rotatable bonds is 6. The lowest BCUT2D eigenvalue weighted by molar-refractivity contribution is 0.306. The summed E-state index contributed by atoms with van der Waals surface area (Å²) >= 11 is 0. The molecule has 0 saturated carbocycles. The van der Waals surface area contributed by atoms with Gasteiger partial charge in [0.25, 0.3) is 5.56 Å². The number of nitrogens with zero attached hydrogens (tertiary/aromatic N) is 3. The van der Waals surface area contributed by atoms with Crippen LogP contribution in [0.4, 0.5) is 5.95 Å². The topological polar surface area (TPSA) is 84.8 Å². The molecule has 0 unspecified atom stereocenters. The van der Waals surface area contributed by atoms with Crippen molar-refractivity contribution in [3.63, 3.8) is 0 Å². The summed E-state index contributed by atoms with van der Waals surface area (Å²) in [4.78, 5) is 19.8. The van der Waals surface area contributed by atoms with Gasteiger partial charge in [0.2, 0.25) is 5.95 Å². The van der Waals surface area contributed by atoms with Crippen molar-refractivity contribution in [1.29, 1.82) is 0 Å². The molecule has 7 heteroatoms. The van der Waals surface area contributed by atoms with E-state index in [4.69, 9.17) is 4.74 Å². The summed E-state index contributed by atoms with van der Waals surface area (Å²) in [6.07, 6.45) is 1.56. The van der Waals surface area contributed by atoms with Gasteiger partial charge in [-0.2, -0.15) is 10.1 Å². The van der Waals surface area contributed by atoms with Crippen molar-refractivity contribution in [2.45, 2.75) is 39.5 Å². The molecule has 0 fully saturated rings. The van der Waals surface area contributed by atoms with Gasteiger partial charge in [-0.3, -0.25) is 9.78 Å². The van der Waals surface area contributed by atoms with E-state index in [1.165, 1.54) is 0 Å². The fourth-order valence-corrected chi connectivity index (χ4v) is 3.17. The second-order valence-electron chi connectivity index (χ2n) is 8.15. The summed E-state index contributed by atoms with van der Waals surface area (Å²) in [5.74, 6) is 1.20. The van der Waals surface area contributed by atoms with Crippen LogP contribution < -0.4 is 15.6 Å². The van der Waals surface area contributed by atoms with Crippen molar-refractivity contribution < 1.29 is 4.74 Å². The quantitative estimate of drug-likeness (QED) is 0.507. The van der Waals surface area contributed by atoms with Gasteiger partial charge in [-0.1, -0.05) is 42.5 Å². The molecule has 154 valence electrons. The van der Waals surface area contributed by atoms with Crippen LogP contribution in [0.3, 0.4) is 0 Å². The zero-order valence-electron chi connectivity index (χ0n) is 17.3. The molecule has 2 N–H and O–H groups in total. The maximum atomic E-state index is 12.4. The Morgan fingerprint density at radius 1 is 1.07 bits per heavy atom. The average Bonchev–Trinajstić information content (AvgIpc) is 3.17. The van der Waals surface area contributed by atoms with Crippen molar-refractivity contribution in [2.75, 3.05) is 5.32 Å². The largest absolute Gasteiger partial charge is 0.489 e. The number of aromatic nitrogens is 4. The van der Waals surface area contributed by atoms with Gasteiger partial charge in [-0.25, -0.2) is 4.68 Å². The predicted molar refractivity (Wildman–Crippen MR) is 118 cm³/mol. The SMILES string of the molecule is CC(C)(C)n1ncc2c(=O)[nH]c(NCc3cccc(OCc4ccccc4)c3)nc21. The van der Waals surface area contributed by atoms with E-state index in [2.05, 4.69) is 20.4 Å². The van der Waals surface area contributed by atoms with Crippen LogP contribution in [0.1, 0.15) is 31.9 Å². The Balaban J connectivity index is 1.48. The molecule has 0 spiro atoms. The normalized spacial score (nSPS) is 11.6. The Kier molecular flexibility index (Phi) is 5.27. The van der Waals surface area contributed by atoms with Crippen LogP contribution in [0.15, 0.2) is 65.6 Å². The first-order valence-corrected chi connectivity index (χ1v) is 9.88. The zero-order valence-corrected chi connectivity index (χ0v) is 17.3. The van der Waals surface area contributed by atoms with Crippen LogP contribution in [-0.4, -0.2) is 19.7 Å². The van der Waals surface area contributed by atoms with Crippen molar-refractivity contribution in [2.24, 2.45) is 0 Å².